The molecule has 0 radical (unpaired) electrons. The number of hydrogen-bond donors (Lipinski definition) is 0. The van der Waals surface area contributed by atoms with E-state index in [0.717, 1.165) is 37.4 Å². The normalized spacial score (nSPS) is 20.9. The fourth-order valence-electron chi connectivity index (χ4n) is 4.44. The van der Waals surface area contributed by atoms with Gasteiger partial charge in [-0.15, -0.1) is 0 Å². The SMILES string of the molecule is CC1(C)c2ccccc2S(=O)(=O)N1CCN1CCN(c2ccccc2C#N)CC1. The number of rotatable bonds is 4. The average molecular weight is 411 g/mol. The summed E-state index contributed by atoms with van der Waals surface area (Å²) in [5, 5.41) is 9.33. The Kier molecular flexibility index (Phi) is 5.11. The lowest BCUT2D eigenvalue weighted by Gasteiger charge is -2.38. The predicted octanol–water partition coefficient (Wildman–Crippen LogP) is 2.62. The number of benzene rings is 2. The van der Waals surface area contributed by atoms with Crippen molar-refractivity contribution in [3.05, 3.63) is 59.7 Å². The minimum absolute atomic E-state index is 0.433. The van der Waals surface area contributed by atoms with Crippen molar-refractivity contribution in [3.8, 4) is 6.07 Å². The van der Waals surface area contributed by atoms with Crippen LogP contribution in [0.5, 0.6) is 0 Å². The van der Waals surface area contributed by atoms with Gasteiger partial charge in [0, 0.05) is 39.3 Å². The Labute approximate surface area is 173 Å². The highest BCUT2D eigenvalue weighted by Gasteiger charge is 2.47. The van der Waals surface area contributed by atoms with Gasteiger partial charge in [0.1, 0.15) is 6.07 Å². The molecule has 2 heterocycles. The summed E-state index contributed by atoms with van der Waals surface area (Å²) in [6.45, 7) is 8.48. The molecule has 2 aromatic carbocycles. The highest BCUT2D eigenvalue weighted by Crippen LogP contribution is 2.43. The van der Waals surface area contributed by atoms with Gasteiger partial charge in [0.25, 0.3) is 0 Å². The van der Waals surface area contributed by atoms with Crippen molar-refractivity contribution in [1.29, 1.82) is 5.26 Å². The molecule has 6 nitrogen and oxygen atoms in total. The molecule has 0 spiro atoms. The molecule has 0 aromatic heterocycles. The Bertz CT molecular complexity index is 1050. The van der Waals surface area contributed by atoms with Crippen LogP contribution in [0.3, 0.4) is 0 Å². The Morgan fingerprint density at radius 2 is 1.62 bits per heavy atom. The van der Waals surface area contributed by atoms with E-state index in [2.05, 4.69) is 15.9 Å². The number of hydrogen-bond acceptors (Lipinski definition) is 5. The summed E-state index contributed by atoms with van der Waals surface area (Å²) in [4.78, 5) is 4.98. The van der Waals surface area contributed by atoms with Gasteiger partial charge in [-0.25, -0.2) is 8.42 Å². The minimum atomic E-state index is -3.46. The fraction of sp³-hybridized carbons (Fsp3) is 0.409. The second-order valence-electron chi connectivity index (χ2n) is 8.09. The van der Waals surface area contributed by atoms with Crippen molar-refractivity contribution in [2.24, 2.45) is 0 Å². The molecule has 0 aliphatic carbocycles. The van der Waals surface area contributed by atoms with E-state index in [1.54, 1.807) is 16.4 Å². The number of nitriles is 1. The lowest BCUT2D eigenvalue weighted by atomic mass is 9.94. The predicted molar refractivity (Wildman–Crippen MR) is 113 cm³/mol. The van der Waals surface area contributed by atoms with E-state index in [0.29, 0.717) is 23.5 Å². The Morgan fingerprint density at radius 1 is 0.966 bits per heavy atom. The second-order valence-corrected chi connectivity index (χ2v) is 9.92. The van der Waals surface area contributed by atoms with Crippen LogP contribution in [0.4, 0.5) is 5.69 Å². The van der Waals surface area contributed by atoms with Gasteiger partial charge in [-0.2, -0.15) is 9.57 Å². The zero-order valence-electron chi connectivity index (χ0n) is 16.9. The van der Waals surface area contributed by atoms with Gasteiger partial charge in [-0.05, 0) is 37.6 Å². The third kappa shape index (κ3) is 3.42. The number of anilines is 1. The van der Waals surface area contributed by atoms with Crippen molar-refractivity contribution in [1.82, 2.24) is 9.21 Å². The number of piperazine rings is 1. The number of nitrogens with zero attached hydrogens (tertiary/aromatic N) is 4. The monoisotopic (exact) mass is 410 g/mol. The molecule has 2 aliphatic rings. The first kappa shape index (κ1) is 19.9. The van der Waals surface area contributed by atoms with Crippen LogP contribution in [0.2, 0.25) is 0 Å². The maximum atomic E-state index is 13.0. The molecule has 1 saturated heterocycles. The lowest BCUT2D eigenvalue weighted by Crippen LogP contribution is -2.50. The Morgan fingerprint density at radius 3 is 2.31 bits per heavy atom. The molecule has 2 aromatic rings. The molecular formula is C22H26N4O2S. The van der Waals surface area contributed by atoms with Gasteiger partial charge in [-0.3, -0.25) is 4.90 Å². The molecule has 0 unspecified atom stereocenters. The average Bonchev–Trinajstić information content (AvgIpc) is 2.89. The first-order valence-electron chi connectivity index (χ1n) is 9.94. The Hall–Kier alpha value is -2.40. The summed E-state index contributed by atoms with van der Waals surface area (Å²) in [5.74, 6) is 0. The molecule has 152 valence electrons. The van der Waals surface area contributed by atoms with Crippen LogP contribution in [-0.2, 0) is 15.6 Å². The number of para-hydroxylation sites is 1. The Balaban J connectivity index is 1.41. The van der Waals surface area contributed by atoms with Crippen LogP contribution in [-0.4, -0.2) is 56.9 Å². The molecule has 0 bridgehead atoms. The summed E-state index contributed by atoms with van der Waals surface area (Å²) in [6.07, 6.45) is 0. The van der Waals surface area contributed by atoms with Crippen molar-refractivity contribution in [2.75, 3.05) is 44.2 Å². The van der Waals surface area contributed by atoms with Gasteiger partial charge in [0.2, 0.25) is 10.0 Å². The lowest BCUT2D eigenvalue weighted by molar-refractivity contribution is 0.189. The fourth-order valence-corrected chi connectivity index (χ4v) is 6.54. The van der Waals surface area contributed by atoms with Gasteiger partial charge < -0.3 is 4.90 Å². The molecular weight excluding hydrogens is 384 g/mol. The molecule has 4 rings (SSSR count). The van der Waals surface area contributed by atoms with E-state index in [1.165, 1.54) is 0 Å². The smallest absolute Gasteiger partial charge is 0.244 e. The second kappa shape index (κ2) is 7.45. The van der Waals surface area contributed by atoms with Crippen molar-refractivity contribution in [3.63, 3.8) is 0 Å². The summed E-state index contributed by atoms with van der Waals surface area (Å²) in [7, 11) is -3.46. The van der Waals surface area contributed by atoms with Crippen molar-refractivity contribution in [2.45, 2.75) is 24.3 Å². The third-order valence-electron chi connectivity index (χ3n) is 6.09. The van der Waals surface area contributed by atoms with E-state index in [1.807, 2.05) is 50.2 Å². The minimum Gasteiger partial charge on any atom is -0.368 e. The van der Waals surface area contributed by atoms with Gasteiger partial charge >= 0.3 is 0 Å². The first-order valence-corrected chi connectivity index (χ1v) is 11.4. The van der Waals surface area contributed by atoms with Crippen molar-refractivity contribution < 1.29 is 8.42 Å². The molecule has 0 atom stereocenters. The van der Waals surface area contributed by atoms with Crippen LogP contribution in [0.1, 0.15) is 25.0 Å². The van der Waals surface area contributed by atoms with Gasteiger partial charge in [0.15, 0.2) is 0 Å². The highest BCUT2D eigenvalue weighted by atomic mass is 32.2. The molecule has 2 aliphatic heterocycles. The molecule has 1 fully saturated rings. The van der Waals surface area contributed by atoms with Gasteiger partial charge in [-0.1, -0.05) is 30.3 Å². The summed E-state index contributed by atoms with van der Waals surface area (Å²) < 4.78 is 27.7. The van der Waals surface area contributed by atoms with Crippen molar-refractivity contribution >= 4 is 15.7 Å². The van der Waals surface area contributed by atoms with E-state index >= 15 is 0 Å². The van der Waals surface area contributed by atoms with Crippen LogP contribution in [0.15, 0.2) is 53.4 Å². The quantitative estimate of drug-likeness (QED) is 0.775. The highest BCUT2D eigenvalue weighted by molar-refractivity contribution is 7.89. The van der Waals surface area contributed by atoms with E-state index < -0.39 is 15.6 Å². The standard InChI is InChI=1S/C22H26N4O2S/c1-22(2)19-8-4-6-10-21(19)29(27,28)26(22)16-13-24-11-14-25(15-12-24)20-9-5-3-7-18(20)17-23/h3-10H,11-16H2,1-2H3. The molecule has 7 heteroatoms. The summed E-state index contributed by atoms with van der Waals surface area (Å²) in [5.41, 5.74) is 2.01. The van der Waals surface area contributed by atoms with Crippen LogP contribution in [0, 0.1) is 11.3 Å². The zero-order valence-corrected chi connectivity index (χ0v) is 17.7. The molecule has 0 saturated carbocycles. The third-order valence-corrected chi connectivity index (χ3v) is 8.23. The summed E-state index contributed by atoms with van der Waals surface area (Å²) in [6, 6.07) is 17.3. The summed E-state index contributed by atoms with van der Waals surface area (Å²) >= 11 is 0. The van der Waals surface area contributed by atoms with E-state index in [4.69, 9.17) is 0 Å². The topological polar surface area (TPSA) is 67.7 Å². The first-order chi connectivity index (χ1) is 13.9. The van der Waals surface area contributed by atoms with Gasteiger partial charge in [0.05, 0.1) is 21.7 Å². The zero-order chi connectivity index (χ0) is 20.6. The number of sulfonamides is 1. The largest absolute Gasteiger partial charge is 0.368 e. The van der Waals surface area contributed by atoms with E-state index in [-0.39, 0.29) is 0 Å². The van der Waals surface area contributed by atoms with Crippen LogP contribution < -0.4 is 4.90 Å². The van der Waals surface area contributed by atoms with Crippen LogP contribution >= 0.6 is 0 Å². The molecule has 0 N–H and O–H groups in total. The maximum absolute atomic E-state index is 13.0. The van der Waals surface area contributed by atoms with Crippen LogP contribution in [0.25, 0.3) is 0 Å². The molecule has 0 amide bonds. The number of fused-ring (bicyclic) bond motifs is 1. The molecule has 29 heavy (non-hydrogen) atoms. The maximum Gasteiger partial charge on any atom is 0.244 e. The van der Waals surface area contributed by atoms with E-state index in [9.17, 15) is 13.7 Å².